The van der Waals surface area contributed by atoms with Crippen LogP contribution in [0.2, 0.25) is 0 Å². The van der Waals surface area contributed by atoms with Crippen molar-refractivity contribution in [1.82, 2.24) is 0 Å². The third-order valence-corrected chi connectivity index (χ3v) is 5.33. The lowest BCUT2D eigenvalue weighted by Crippen LogP contribution is -2.39. The van der Waals surface area contributed by atoms with E-state index in [4.69, 9.17) is 4.74 Å². The Morgan fingerprint density at radius 1 is 0.931 bits per heavy atom. The van der Waals surface area contributed by atoms with E-state index >= 15 is 0 Å². The Kier molecular flexibility index (Phi) is 6.30. The molecule has 1 aliphatic heterocycles. The maximum Gasteiger partial charge on any atom is 0.391 e. The smallest absolute Gasteiger partial charge is 0.391 e. The second-order valence-electron chi connectivity index (χ2n) is 7.07. The van der Waals surface area contributed by atoms with Gasteiger partial charge in [0.25, 0.3) is 0 Å². The van der Waals surface area contributed by atoms with Crippen LogP contribution in [-0.2, 0) is 0 Å². The predicted molar refractivity (Wildman–Crippen MR) is 113 cm³/mol. The number of hydrogen-bond donors (Lipinski definition) is 3. The lowest BCUT2D eigenvalue weighted by Gasteiger charge is -2.35. The van der Waals surface area contributed by atoms with Gasteiger partial charge in [-0.1, -0.05) is 0 Å². The number of methoxy groups -OCH3 is 1. The number of rotatable bonds is 6. The summed E-state index contributed by atoms with van der Waals surface area (Å²) in [5.74, 6) is -0.575. The van der Waals surface area contributed by atoms with Crippen LogP contribution >= 0.6 is 0 Å². The summed E-state index contributed by atoms with van der Waals surface area (Å²) >= 11 is 0. The molecule has 0 aromatic heterocycles. The Morgan fingerprint density at radius 3 is 2.14 bits per heavy atom. The topological polar surface area (TPSA) is 48.6 Å². The number of halogens is 3. The minimum absolute atomic E-state index is 0.108. The van der Waals surface area contributed by atoms with E-state index in [2.05, 4.69) is 16.0 Å². The predicted octanol–water partition coefficient (Wildman–Crippen LogP) is 5.30. The van der Waals surface area contributed by atoms with Gasteiger partial charge in [0.15, 0.2) is 0 Å². The molecular formula is C21H27F3N4O. The molecule has 1 aliphatic rings. The Morgan fingerprint density at radius 2 is 1.55 bits per heavy atom. The molecule has 3 rings (SSSR count). The Balaban J connectivity index is 1.74. The molecule has 1 fully saturated rings. The van der Waals surface area contributed by atoms with Gasteiger partial charge < -0.3 is 25.6 Å². The van der Waals surface area contributed by atoms with Crippen molar-refractivity contribution in [2.24, 2.45) is 5.92 Å². The van der Waals surface area contributed by atoms with Crippen molar-refractivity contribution in [2.45, 2.75) is 19.0 Å². The lowest BCUT2D eigenvalue weighted by molar-refractivity contribution is -0.179. The summed E-state index contributed by atoms with van der Waals surface area (Å²) in [6.07, 6.45) is -3.90. The van der Waals surface area contributed by atoms with Gasteiger partial charge in [-0.15, -0.1) is 0 Å². The van der Waals surface area contributed by atoms with E-state index in [-0.39, 0.29) is 12.8 Å². The van der Waals surface area contributed by atoms with E-state index < -0.39 is 12.1 Å². The minimum Gasteiger partial charge on any atom is -0.495 e. The molecule has 1 heterocycles. The van der Waals surface area contributed by atoms with Crippen LogP contribution in [0.1, 0.15) is 12.8 Å². The number of hydrogen-bond acceptors (Lipinski definition) is 5. The van der Waals surface area contributed by atoms with Gasteiger partial charge >= 0.3 is 6.18 Å². The summed E-state index contributed by atoms with van der Waals surface area (Å²) in [5, 5.41) is 9.62. The van der Waals surface area contributed by atoms with Gasteiger partial charge in [-0.05, 0) is 43.2 Å². The van der Waals surface area contributed by atoms with Crippen LogP contribution < -0.4 is 25.6 Å². The fourth-order valence-corrected chi connectivity index (χ4v) is 3.68. The molecule has 5 nitrogen and oxygen atoms in total. The van der Waals surface area contributed by atoms with Gasteiger partial charge in [-0.3, -0.25) is 0 Å². The molecule has 0 atom stereocenters. The van der Waals surface area contributed by atoms with Gasteiger partial charge in [0.05, 0.1) is 30.1 Å². The van der Waals surface area contributed by atoms with Crippen LogP contribution in [0.25, 0.3) is 0 Å². The molecule has 0 aliphatic carbocycles. The highest BCUT2D eigenvalue weighted by atomic mass is 19.4. The maximum atomic E-state index is 12.9. The number of anilines is 5. The average Bonchev–Trinajstić information content (AvgIpc) is 2.73. The molecule has 2 aromatic carbocycles. The van der Waals surface area contributed by atoms with E-state index in [1.165, 1.54) is 0 Å². The summed E-state index contributed by atoms with van der Waals surface area (Å²) < 4.78 is 44.3. The molecule has 0 saturated carbocycles. The zero-order chi connectivity index (χ0) is 21.0. The summed E-state index contributed by atoms with van der Waals surface area (Å²) in [7, 11) is 5.30. The number of piperidine rings is 1. The second-order valence-corrected chi connectivity index (χ2v) is 7.07. The number of alkyl halides is 3. The first-order chi connectivity index (χ1) is 13.9. The van der Waals surface area contributed by atoms with E-state index in [1.54, 1.807) is 7.11 Å². The quantitative estimate of drug-likeness (QED) is 0.606. The first-order valence-corrected chi connectivity index (χ1v) is 9.62. The summed E-state index contributed by atoms with van der Waals surface area (Å²) in [6, 6.07) is 11.6. The van der Waals surface area contributed by atoms with Crippen molar-refractivity contribution in [2.75, 3.05) is 55.1 Å². The highest BCUT2D eigenvalue weighted by molar-refractivity contribution is 5.76. The fraction of sp³-hybridized carbons (Fsp3) is 0.429. The zero-order valence-corrected chi connectivity index (χ0v) is 16.9. The molecular weight excluding hydrogens is 381 g/mol. The van der Waals surface area contributed by atoms with Crippen molar-refractivity contribution >= 4 is 28.4 Å². The standard InChI is InChI=1S/C21H27F3N4O/c1-25-17-6-4-15(12-18(17)26-2)27-16-5-7-19(20(13-16)29-3)28-10-8-14(9-11-28)21(22,23)24/h4-7,12-14,25-27H,8-11H2,1-3H3. The molecule has 0 radical (unpaired) electrons. The molecule has 8 heteroatoms. The molecule has 2 aromatic rings. The average molecular weight is 408 g/mol. The molecule has 0 spiro atoms. The molecule has 1 saturated heterocycles. The van der Waals surface area contributed by atoms with Crippen LogP contribution in [0.15, 0.2) is 36.4 Å². The van der Waals surface area contributed by atoms with E-state index in [1.807, 2.05) is 55.4 Å². The molecule has 0 unspecified atom stereocenters. The van der Waals surface area contributed by atoms with Crippen molar-refractivity contribution in [3.63, 3.8) is 0 Å². The van der Waals surface area contributed by atoms with Gasteiger partial charge in [0.2, 0.25) is 0 Å². The fourth-order valence-electron chi connectivity index (χ4n) is 3.68. The van der Waals surface area contributed by atoms with Crippen molar-refractivity contribution in [3.8, 4) is 5.75 Å². The molecule has 0 amide bonds. The lowest BCUT2D eigenvalue weighted by atomic mass is 9.96. The van der Waals surface area contributed by atoms with Gasteiger partial charge in [-0.2, -0.15) is 13.2 Å². The highest BCUT2D eigenvalue weighted by Crippen LogP contribution is 2.39. The van der Waals surface area contributed by atoms with Crippen LogP contribution in [0.3, 0.4) is 0 Å². The maximum absolute atomic E-state index is 12.9. The number of nitrogens with one attached hydrogen (secondary N) is 3. The largest absolute Gasteiger partial charge is 0.495 e. The summed E-state index contributed by atoms with van der Waals surface area (Å²) in [6.45, 7) is 0.731. The Labute approximate surface area is 169 Å². The first-order valence-electron chi connectivity index (χ1n) is 9.62. The Bertz CT molecular complexity index is 833. The molecule has 3 N–H and O–H groups in total. The SMILES string of the molecule is CNc1ccc(Nc2ccc(N3CCC(C(F)(F)F)CC3)c(OC)c2)cc1NC. The zero-order valence-electron chi connectivity index (χ0n) is 16.9. The van der Waals surface area contributed by atoms with E-state index in [9.17, 15) is 13.2 Å². The van der Waals surface area contributed by atoms with Crippen LogP contribution in [0.5, 0.6) is 5.75 Å². The van der Waals surface area contributed by atoms with Gasteiger partial charge in [0, 0.05) is 44.6 Å². The monoisotopic (exact) mass is 408 g/mol. The molecule has 29 heavy (non-hydrogen) atoms. The summed E-state index contributed by atoms with van der Waals surface area (Å²) in [4.78, 5) is 1.96. The molecule has 158 valence electrons. The Hall–Kier alpha value is -2.77. The first kappa shape index (κ1) is 21.0. The van der Waals surface area contributed by atoms with Crippen LogP contribution in [-0.4, -0.2) is 40.5 Å². The van der Waals surface area contributed by atoms with Crippen LogP contribution in [0, 0.1) is 5.92 Å². The van der Waals surface area contributed by atoms with Crippen LogP contribution in [0.4, 0.5) is 41.6 Å². The summed E-state index contributed by atoms with van der Waals surface area (Å²) in [5.41, 5.74) is 4.53. The van der Waals surface area contributed by atoms with Gasteiger partial charge in [-0.25, -0.2) is 0 Å². The van der Waals surface area contributed by atoms with Crippen molar-refractivity contribution in [1.29, 1.82) is 0 Å². The van der Waals surface area contributed by atoms with Crippen molar-refractivity contribution in [3.05, 3.63) is 36.4 Å². The molecule has 0 bridgehead atoms. The third kappa shape index (κ3) is 4.81. The van der Waals surface area contributed by atoms with Crippen molar-refractivity contribution < 1.29 is 17.9 Å². The number of benzene rings is 2. The highest BCUT2D eigenvalue weighted by Gasteiger charge is 2.41. The number of nitrogens with zero attached hydrogens (tertiary/aromatic N) is 1. The van der Waals surface area contributed by atoms with Gasteiger partial charge in [0.1, 0.15) is 5.75 Å². The van der Waals surface area contributed by atoms with E-state index in [0.717, 1.165) is 28.4 Å². The third-order valence-electron chi connectivity index (χ3n) is 5.33. The second kappa shape index (κ2) is 8.71. The minimum atomic E-state index is -4.11. The number of ether oxygens (including phenoxy) is 1. The van der Waals surface area contributed by atoms with E-state index in [0.29, 0.717) is 18.8 Å². The normalized spacial score (nSPS) is 15.2.